The maximum Gasteiger partial charge on any atom is 0.248 e. The van der Waals surface area contributed by atoms with Crippen LogP contribution in [0.4, 0.5) is 0 Å². The molecule has 0 N–H and O–H groups in total. The van der Waals surface area contributed by atoms with Crippen LogP contribution in [0.25, 0.3) is 0 Å². The Kier molecular flexibility index (Phi) is 7.26. The molecular formula is C16H31BN2. The molecular weight excluding hydrogens is 231 g/mol. The van der Waals surface area contributed by atoms with Gasteiger partial charge in [0.2, 0.25) is 7.98 Å². The molecule has 1 atom stereocenters. The van der Waals surface area contributed by atoms with E-state index in [4.69, 9.17) is 0 Å². The fraction of sp³-hybridized carbons (Fsp3) is 0.812. The Morgan fingerprint density at radius 2 is 1.63 bits per heavy atom. The second-order valence-corrected chi connectivity index (χ2v) is 6.23. The summed E-state index contributed by atoms with van der Waals surface area (Å²) in [5.41, 5.74) is 1.76. The van der Waals surface area contributed by atoms with Gasteiger partial charge in [0.25, 0.3) is 0 Å². The Bertz CT molecular complexity index is 348. The third kappa shape index (κ3) is 5.42. The molecule has 1 unspecified atom stereocenters. The number of unbranched alkanes of at least 4 members (excludes halogenated alkanes) is 5. The van der Waals surface area contributed by atoms with E-state index in [9.17, 15) is 0 Å². The number of hydrogen-bond acceptors (Lipinski definition) is 1. The van der Waals surface area contributed by atoms with Gasteiger partial charge in [-0.3, -0.25) is 0 Å². The molecule has 0 saturated carbocycles. The molecule has 0 spiro atoms. The number of nitrogens with zero attached hydrogens (tertiary/aromatic N) is 2. The van der Waals surface area contributed by atoms with Crippen LogP contribution in [0, 0.1) is 0 Å². The average Bonchev–Trinajstić information content (AvgIpc) is 2.82. The Morgan fingerprint density at radius 3 is 2.16 bits per heavy atom. The van der Waals surface area contributed by atoms with Gasteiger partial charge in [-0.05, 0) is 23.8 Å². The van der Waals surface area contributed by atoms with E-state index in [0.717, 1.165) is 0 Å². The van der Waals surface area contributed by atoms with Crippen LogP contribution in [-0.2, 0) is 5.41 Å². The summed E-state index contributed by atoms with van der Waals surface area (Å²) in [6.45, 7) is 7.00. The lowest BCUT2D eigenvalue weighted by atomic mass is 9.75. The molecule has 19 heavy (non-hydrogen) atoms. The van der Waals surface area contributed by atoms with Gasteiger partial charge in [-0.2, -0.15) is 5.10 Å². The van der Waals surface area contributed by atoms with E-state index < -0.39 is 0 Å². The van der Waals surface area contributed by atoms with Crippen LogP contribution in [0.1, 0.15) is 84.1 Å². The Labute approximate surface area is 120 Å². The van der Waals surface area contributed by atoms with Gasteiger partial charge in [-0.25, -0.2) is 0 Å². The predicted octanol–water partition coefficient (Wildman–Crippen LogP) is 4.09. The highest BCUT2D eigenvalue weighted by Crippen LogP contribution is 2.35. The Morgan fingerprint density at radius 1 is 1.05 bits per heavy atom. The minimum atomic E-state index is 0.331. The maximum atomic E-state index is 4.37. The molecule has 0 fully saturated rings. The van der Waals surface area contributed by atoms with Gasteiger partial charge >= 0.3 is 0 Å². The van der Waals surface area contributed by atoms with Crippen molar-refractivity contribution in [2.45, 2.75) is 84.0 Å². The summed E-state index contributed by atoms with van der Waals surface area (Å²) in [7, 11) is 2.02. The topological polar surface area (TPSA) is 17.8 Å². The third-order valence-corrected chi connectivity index (χ3v) is 4.32. The zero-order valence-electron chi connectivity index (χ0n) is 13.4. The van der Waals surface area contributed by atoms with E-state index in [0.29, 0.717) is 5.41 Å². The van der Waals surface area contributed by atoms with Gasteiger partial charge < -0.3 is 4.59 Å². The highest BCUT2D eigenvalue weighted by atomic mass is 15.2. The Hall–Kier alpha value is -0.725. The lowest BCUT2D eigenvalue weighted by Gasteiger charge is -2.29. The minimum Gasteiger partial charge on any atom is -0.326 e. The summed E-state index contributed by atoms with van der Waals surface area (Å²) >= 11 is 0. The predicted molar refractivity (Wildman–Crippen MR) is 86.4 cm³/mol. The van der Waals surface area contributed by atoms with Crippen molar-refractivity contribution in [3.8, 4) is 0 Å². The number of aromatic nitrogens is 2. The number of rotatable bonds is 10. The molecule has 0 saturated heterocycles. The van der Waals surface area contributed by atoms with E-state index in [-0.39, 0.29) is 0 Å². The van der Waals surface area contributed by atoms with Crippen molar-refractivity contribution in [1.29, 1.82) is 0 Å². The van der Waals surface area contributed by atoms with Gasteiger partial charge in [0.15, 0.2) is 0 Å². The van der Waals surface area contributed by atoms with Crippen LogP contribution >= 0.6 is 0 Å². The molecule has 1 rings (SSSR count). The van der Waals surface area contributed by atoms with Crippen LogP contribution in [0.5, 0.6) is 0 Å². The maximum absolute atomic E-state index is 4.37. The molecule has 1 aromatic rings. The molecule has 3 heteroatoms. The quantitative estimate of drug-likeness (QED) is 0.458. The van der Waals surface area contributed by atoms with Crippen LogP contribution < -0.4 is 0 Å². The zero-order chi connectivity index (χ0) is 14.1. The molecule has 0 amide bonds. The smallest absolute Gasteiger partial charge is 0.248 e. The normalized spacial score (nSPS) is 14.5. The van der Waals surface area contributed by atoms with Crippen LogP contribution in [0.15, 0.2) is 12.4 Å². The first-order valence-corrected chi connectivity index (χ1v) is 8.11. The van der Waals surface area contributed by atoms with E-state index in [2.05, 4.69) is 38.3 Å². The molecule has 1 heterocycles. The van der Waals surface area contributed by atoms with Crippen LogP contribution in [-0.4, -0.2) is 17.7 Å². The molecule has 0 bridgehead atoms. The van der Waals surface area contributed by atoms with E-state index in [1.165, 1.54) is 63.4 Å². The number of hydrogen-bond donors (Lipinski definition) is 0. The van der Waals surface area contributed by atoms with Crippen LogP contribution in [0.2, 0.25) is 0 Å². The summed E-state index contributed by atoms with van der Waals surface area (Å²) in [6, 6.07) is 0. The first-order chi connectivity index (χ1) is 9.12. The fourth-order valence-corrected chi connectivity index (χ4v) is 2.85. The van der Waals surface area contributed by atoms with Crippen molar-refractivity contribution in [2.24, 2.45) is 0 Å². The van der Waals surface area contributed by atoms with Crippen molar-refractivity contribution in [2.75, 3.05) is 0 Å². The second-order valence-electron chi connectivity index (χ2n) is 6.23. The van der Waals surface area contributed by atoms with Crippen molar-refractivity contribution in [3.05, 3.63) is 18.0 Å². The second kappa shape index (κ2) is 8.45. The standard InChI is InChI=1S/C16H31BN2/c1-4-6-8-10-12-16(3,11-9-7-5-2)15-13-18-19(17)14-15/h13-14H,4-12,17H2,1-3H3. The minimum absolute atomic E-state index is 0.331. The van der Waals surface area contributed by atoms with Crippen LogP contribution in [0.3, 0.4) is 0 Å². The van der Waals surface area contributed by atoms with E-state index in [1.807, 2.05) is 12.6 Å². The van der Waals surface area contributed by atoms with Gasteiger partial charge in [-0.1, -0.05) is 65.7 Å². The summed E-state index contributed by atoms with van der Waals surface area (Å²) < 4.78 is 1.94. The summed E-state index contributed by atoms with van der Waals surface area (Å²) in [5.74, 6) is 0. The molecule has 0 aliphatic heterocycles. The monoisotopic (exact) mass is 262 g/mol. The van der Waals surface area contributed by atoms with Gasteiger partial charge in [0, 0.05) is 6.20 Å². The first-order valence-electron chi connectivity index (χ1n) is 8.11. The van der Waals surface area contributed by atoms with Crippen molar-refractivity contribution >= 4 is 7.98 Å². The fourth-order valence-electron chi connectivity index (χ4n) is 2.85. The highest BCUT2D eigenvalue weighted by Gasteiger charge is 2.26. The largest absolute Gasteiger partial charge is 0.326 e. The summed E-state index contributed by atoms with van der Waals surface area (Å²) in [4.78, 5) is 0. The lowest BCUT2D eigenvalue weighted by molar-refractivity contribution is 0.366. The SMILES string of the molecule is Bn1cc(C(C)(CCCCC)CCCCCC)cn1. The molecule has 0 radical (unpaired) electrons. The molecule has 0 aliphatic carbocycles. The lowest BCUT2D eigenvalue weighted by Crippen LogP contribution is -2.21. The highest BCUT2D eigenvalue weighted by molar-refractivity contribution is 6.05. The molecule has 108 valence electrons. The molecule has 1 aromatic heterocycles. The summed E-state index contributed by atoms with van der Waals surface area (Å²) in [5, 5.41) is 4.37. The molecule has 2 nitrogen and oxygen atoms in total. The molecule has 0 aromatic carbocycles. The zero-order valence-corrected chi connectivity index (χ0v) is 13.4. The van der Waals surface area contributed by atoms with Crippen molar-refractivity contribution < 1.29 is 0 Å². The van der Waals surface area contributed by atoms with E-state index in [1.54, 1.807) is 0 Å². The van der Waals surface area contributed by atoms with Crippen molar-refractivity contribution in [1.82, 2.24) is 9.69 Å². The first kappa shape index (κ1) is 16.3. The molecule has 0 aliphatic rings. The third-order valence-electron chi connectivity index (χ3n) is 4.32. The van der Waals surface area contributed by atoms with E-state index >= 15 is 0 Å². The average molecular weight is 262 g/mol. The van der Waals surface area contributed by atoms with Gasteiger partial charge in [-0.15, -0.1) is 0 Å². The van der Waals surface area contributed by atoms with Crippen molar-refractivity contribution in [3.63, 3.8) is 0 Å². The Balaban J connectivity index is 2.60. The van der Waals surface area contributed by atoms with Gasteiger partial charge in [0.05, 0.1) is 6.20 Å². The van der Waals surface area contributed by atoms with Gasteiger partial charge in [0.1, 0.15) is 0 Å². The summed E-state index contributed by atoms with van der Waals surface area (Å²) in [6.07, 6.45) is 16.3.